The predicted molar refractivity (Wildman–Crippen MR) is 111 cm³/mol. The standard InChI is InChI=1S/C20H18N2O3S2/c1-12-5-6-15(24-2)13(8-12)9-26-11-17-21-19(23)18-14(10-27-20(18)22-17)16-4-3-7-25-16/h3-8,10H,9,11H2,1-2H3,(H,21,22,23). The highest BCUT2D eigenvalue weighted by molar-refractivity contribution is 7.97. The maximum Gasteiger partial charge on any atom is 0.260 e. The van der Waals surface area contributed by atoms with Gasteiger partial charge in [-0.15, -0.1) is 23.1 Å². The Labute approximate surface area is 164 Å². The number of methoxy groups -OCH3 is 1. The van der Waals surface area contributed by atoms with E-state index in [9.17, 15) is 4.79 Å². The predicted octanol–water partition coefficient (Wildman–Crippen LogP) is 5.00. The first-order valence-electron chi connectivity index (χ1n) is 8.41. The molecule has 0 unspecified atom stereocenters. The second kappa shape index (κ2) is 7.62. The summed E-state index contributed by atoms with van der Waals surface area (Å²) in [5.74, 6) is 3.65. The number of nitrogens with zero attached hydrogens (tertiary/aromatic N) is 1. The van der Waals surface area contributed by atoms with Crippen LogP contribution in [0.25, 0.3) is 21.5 Å². The van der Waals surface area contributed by atoms with Crippen LogP contribution in [-0.4, -0.2) is 17.1 Å². The Morgan fingerprint density at radius 1 is 1.30 bits per heavy atom. The summed E-state index contributed by atoms with van der Waals surface area (Å²) in [6.45, 7) is 2.06. The number of aromatic amines is 1. The Morgan fingerprint density at radius 3 is 2.96 bits per heavy atom. The van der Waals surface area contributed by atoms with E-state index in [2.05, 4.69) is 23.0 Å². The maximum absolute atomic E-state index is 12.6. The van der Waals surface area contributed by atoms with Crippen LogP contribution >= 0.6 is 23.1 Å². The molecule has 0 spiro atoms. The van der Waals surface area contributed by atoms with Crippen molar-refractivity contribution in [1.29, 1.82) is 0 Å². The van der Waals surface area contributed by atoms with Crippen LogP contribution in [0.2, 0.25) is 0 Å². The molecule has 0 atom stereocenters. The number of fused-ring (bicyclic) bond motifs is 1. The molecule has 4 aromatic rings. The van der Waals surface area contributed by atoms with E-state index in [1.54, 1.807) is 25.1 Å². The van der Waals surface area contributed by atoms with E-state index < -0.39 is 0 Å². The first kappa shape index (κ1) is 17.9. The molecule has 0 amide bonds. The number of furan rings is 1. The zero-order valence-corrected chi connectivity index (χ0v) is 16.6. The number of hydrogen-bond acceptors (Lipinski definition) is 6. The van der Waals surface area contributed by atoms with Crippen molar-refractivity contribution in [3.63, 3.8) is 0 Å². The second-order valence-corrected chi connectivity index (χ2v) is 7.97. The molecule has 1 N–H and O–H groups in total. The van der Waals surface area contributed by atoms with Crippen molar-refractivity contribution >= 4 is 33.3 Å². The molecule has 4 rings (SSSR count). The van der Waals surface area contributed by atoms with E-state index in [1.807, 2.05) is 29.6 Å². The minimum absolute atomic E-state index is 0.128. The molecule has 0 fully saturated rings. The highest BCUT2D eigenvalue weighted by atomic mass is 32.2. The highest BCUT2D eigenvalue weighted by Gasteiger charge is 2.14. The Morgan fingerprint density at radius 2 is 2.19 bits per heavy atom. The Bertz CT molecular complexity index is 1130. The quantitative estimate of drug-likeness (QED) is 0.495. The minimum Gasteiger partial charge on any atom is -0.496 e. The van der Waals surface area contributed by atoms with Crippen molar-refractivity contribution in [2.75, 3.05) is 7.11 Å². The lowest BCUT2D eigenvalue weighted by Crippen LogP contribution is -2.10. The molecule has 1 aromatic carbocycles. The lowest BCUT2D eigenvalue weighted by molar-refractivity contribution is 0.411. The number of benzene rings is 1. The number of thiophene rings is 1. The zero-order chi connectivity index (χ0) is 18.8. The summed E-state index contributed by atoms with van der Waals surface area (Å²) in [6.07, 6.45) is 1.60. The summed E-state index contributed by atoms with van der Waals surface area (Å²) in [5, 5.41) is 2.50. The third kappa shape index (κ3) is 3.65. The van der Waals surface area contributed by atoms with Crippen molar-refractivity contribution in [3.8, 4) is 17.1 Å². The molecule has 0 saturated carbocycles. The molecule has 3 heterocycles. The molecule has 5 nitrogen and oxygen atoms in total. The van der Waals surface area contributed by atoms with Gasteiger partial charge < -0.3 is 14.1 Å². The summed E-state index contributed by atoms with van der Waals surface area (Å²) in [5.41, 5.74) is 3.00. The maximum atomic E-state index is 12.6. The largest absolute Gasteiger partial charge is 0.496 e. The van der Waals surface area contributed by atoms with Gasteiger partial charge >= 0.3 is 0 Å². The van der Waals surface area contributed by atoms with Crippen molar-refractivity contribution in [2.45, 2.75) is 18.4 Å². The van der Waals surface area contributed by atoms with Crippen LogP contribution in [0.4, 0.5) is 0 Å². The fourth-order valence-electron chi connectivity index (χ4n) is 2.95. The van der Waals surface area contributed by atoms with Gasteiger partial charge in [-0.05, 0) is 25.1 Å². The monoisotopic (exact) mass is 398 g/mol. The van der Waals surface area contributed by atoms with E-state index in [0.717, 1.165) is 27.5 Å². The third-order valence-corrected chi connectivity index (χ3v) is 6.08. The number of hydrogen-bond donors (Lipinski definition) is 1. The van der Waals surface area contributed by atoms with Crippen LogP contribution in [-0.2, 0) is 11.5 Å². The SMILES string of the molecule is COc1ccc(C)cc1CSCc1nc2scc(-c3ccco3)c2c(=O)[nH]1. The molecule has 138 valence electrons. The molecular weight excluding hydrogens is 380 g/mol. The van der Waals surface area contributed by atoms with Gasteiger partial charge in [-0.1, -0.05) is 17.7 Å². The lowest BCUT2D eigenvalue weighted by atomic mass is 10.1. The van der Waals surface area contributed by atoms with Gasteiger partial charge in [0.25, 0.3) is 5.56 Å². The molecule has 7 heteroatoms. The van der Waals surface area contributed by atoms with Crippen molar-refractivity contribution in [3.05, 3.63) is 69.3 Å². The molecule has 0 aliphatic carbocycles. The van der Waals surface area contributed by atoms with Crippen molar-refractivity contribution in [1.82, 2.24) is 9.97 Å². The van der Waals surface area contributed by atoms with Crippen LogP contribution < -0.4 is 10.3 Å². The Kier molecular flexibility index (Phi) is 5.05. The van der Waals surface area contributed by atoms with Gasteiger partial charge in [0.2, 0.25) is 0 Å². The fourth-order valence-corrected chi connectivity index (χ4v) is 4.78. The average molecular weight is 399 g/mol. The van der Waals surface area contributed by atoms with Gasteiger partial charge in [-0.25, -0.2) is 4.98 Å². The minimum atomic E-state index is -0.128. The zero-order valence-electron chi connectivity index (χ0n) is 14.9. The lowest BCUT2D eigenvalue weighted by Gasteiger charge is -2.09. The van der Waals surface area contributed by atoms with E-state index >= 15 is 0 Å². The summed E-state index contributed by atoms with van der Waals surface area (Å²) in [4.78, 5) is 20.9. The van der Waals surface area contributed by atoms with Crippen molar-refractivity contribution < 1.29 is 9.15 Å². The second-order valence-electron chi connectivity index (χ2n) is 6.13. The summed E-state index contributed by atoms with van der Waals surface area (Å²) in [7, 11) is 1.68. The molecule has 3 aromatic heterocycles. The number of H-pyrrole nitrogens is 1. The molecule has 0 saturated heterocycles. The summed E-state index contributed by atoms with van der Waals surface area (Å²) >= 11 is 3.15. The first-order valence-corrected chi connectivity index (χ1v) is 10.4. The van der Waals surface area contributed by atoms with E-state index in [-0.39, 0.29) is 5.56 Å². The normalized spacial score (nSPS) is 11.2. The van der Waals surface area contributed by atoms with Crippen LogP contribution in [0.3, 0.4) is 0 Å². The molecule has 0 bridgehead atoms. The topological polar surface area (TPSA) is 68.1 Å². The van der Waals surface area contributed by atoms with Gasteiger partial charge in [0.1, 0.15) is 22.2 Å². The summed E-state index contributed by atoms with van der Waals surface area (Å²) < 4.78 is 10.9. The number of nitrogens with one attached hydrogen (secondary N) is 1. The Hall–Kier alpha value is -2.51. The fraction of sp³-hybridized carbons (Fsp3) is 0.200. The van der Waals surface area contributed by atoms with E-state index in [4.69, 9.17) is 9.15 Å². The molecular formula is C20H18N2O3S2. The van der Waals surface area contributed by atoms with Crippen LogP contribution in [0, 0.1) is 6.92 Å². The smallest absolute Gasteiger partial charge is 0.260 e. The van der Waals surface area contributed by atoms with Crippen LogP contribution in [0.5, 0.6) is 5.75 Å². The highest BCUT2D eigenvalue weighted by Crippen LogP contribution is 2.31. The van der Waals surface area contributed by atoms with Gasteiger partial charge in [0, 0.05) is 22.3 Å². The van der Waals surface area contributed by atoms with Crippen LogP contribution in [0.1, 0.15) is 17.0 Å². The van der Waals surface area contributed by atoms with Crippen LogP contribution in [0.15, 0.2) is 51.2 Å². The first-order chi connectivity index (χ1) is 13.2. The molecule has 27 heavy (non-hydrogen) atoms. The number of ether oxygens (including phenoxy) is 1. The number of aryl methyl sites for hydroxylation is 1. The van der Waals surface area contributed by atoms with Gasteiger partial charge in [0.05, 0.1) is 24.5 Å². The Balaban J connectivity index is 1.54. The number of rotatable bonds is 6. The average Bonchev–Trinajstić information content (AvgIpc) is 3.31. The van der Waals surface area contributed by atoms with Gasteiger partial charge in [-0.3, -0.25) is 4.79 Å². The number of thioether (sulfide) groups is 1. The number of aromatic nitrogens is 2. The summed E-state index contributed by atoms with van der Waals surface area (Å²) in [6, 6.07) is 9.80. The molecule has 0 aliphatic rings. The van der Waals surface area contributed by atoms with E-state index in [1.165, 1.54) is 16.9 Å². The van der Waals surface area contributed by atoms with Gasteiger partial charge in [-0.2, -0.15) is 0 Å². The molecule has 0 aliphatic heterocycles. The third-order valence-electron chi connectivity index (χ3n) is 4.21. The van der Waals surface area contributed by atoms with E-state index in [0.29, 0.717) is 22.7 Å². The van der Waals surface area contributed by atoms with Gasteiger partial charge in [0.15, 0.2) is 0 Å². The molecule has 0 radical (unpaired) electrons. The van der Waals surface area contributed by atoms with Crippen molar-refractivity contribution in [2.24, 2.45) is 0 Å².